The molecule has 0 spiro atoms. The first-order valence-electron chi connectivity index (χ1n) is 18.2. The Balaban J connectivity index is 1.55. The van der Waals surface area contributed by atoms with Crippen molar-refractivity contribution in [3.05, 3.63) is 34.9 Å². The monoisotopic (exact) mass is 670 g/mol. The van der Waals surface area contributed by atoms with E-state index in [4.69, 9.17) is 9.47 Å². The average molecular weight is 671 g/mol. The molecule has 8 nitrogen and oxygen atoms in total. The van der Waals surface area contributed by atoms with Gasteiger partial charge in [-0.15, -0.1) is 0 Å². The van der Waals surface area contributed by atoms with E-state index in [1.165, 1.54) is 5.57 Å². The van der Waals surface area contributed by atoms with Gasteiger partial charge in [-0.2, -0.15) is 0 Å². The van der Waals surface area contributed by atoms with Crippen LogP contribution in [0, 0.1) is 50.2 Å². The minimum absolute atomic E-state index is 0.136. The molecule has 0 aromatic carbocycles. The molecule has 0 aromatic rings. The van der Waals surface area contributed by atoms with E-state index in [2.05, 4.69) is 33.8 Å². The van der Waals surface area contributed by atoms with Crippen LogP contribution >= 0.6 is 0 Å². The van der Waals surface area contributed by atoms with Crippen molar-refractivity contribution in [2.75, 3.05) is 13.2 Å². The highest BCUT2D eigenvalue weighted by Gasteiger charge is 2.72. The van der Waals surface area contributed by atoms with Gasteiger partial charge < -0.3 is 29.9 Å². The Morgan fingerprint density at radius 2 is 1.38 bits per heavy atom. The lowest BCUT2D eigenvalue weighted by atomic mass is 9.33. The van der Waals surface area contributed by atoms with Crippen LogP contribution in [-0.2, 0) is 19.1 Å². The molecular weight excluding hydrogens is 608 g/mol. The predicted octanol–water partition coefficient (Wildman–Crippen LogP) is 6.06. The predicted molar refractivity (Wildman–Crippen MR) is 184 cm³/mol. The largest absolute Gasteiger partial charge is 0.462 e. The number of hydrogen-bond donors (Lipinski definition) is 4. The third-order valence-electron chi connectivity index (χ3n) is 15.4. The summed E-state index contributed by atoms with van der Waals surface area (Å²) < 4.78 is 11.7. The summed E-state index contributed by atoms with van der Waals surface area (Å²) in [6, 6.07) is 0. The molecule has 4 fully saturated rings. The molecule has 48 heavy (non-hydrogen) atoms. The maximum Gasteiger partial charge on any atom is 0.333 e. The van der Waals surface area contributed by atoms with E-state index >= 15 is 0 Å². The normalized spacial score (nSPS) is 47.0. The van der Waals surface area contributed by atoms with Crippen LogP contribution < -0.4 is 0 Å². The number of hydrogen-bond acceptors (Lipinski definition) is 8. The number of rotatable bonds is 6. The number of esters is 2. The molecule has 8 heteroatoms. The van der Waals surface area contributed by atoms with Crippen LogP contribution in [0.2, 0.25) is 0 Å². The highest BCUT2D eigenvalue weighted by molar-refractivity contribution is 5.88. The lowest BCUT2D eigenvalue weighted by molar-refractivity contribution is -0.260. The summed E-state index contributed by atoms with van der Waals surface area (Å²) in [7, 11) is 0. The molecule has 4 saturated carbocycles. The lowest BCUT2D eigenvalue weighted by Crippen LogP contribution is -2.72. The molecule has 5 aliphatic rings. The van der Waals surface area contributed by atoms with Gasteiger partial charge in [-0.1, -0.05) is 65.3 Å². The Morgan fingerprint density at radius 3 is 1.96 bits per heavy atom. The van der Waals surface area contributed by atoms with E-state index in [1.807, 2.05) is 20.8 Å². The molecule has 0 aromatic heterocycles. The van der Waals surface area contributed by atoms with E-state index in [0.29, 0.717) is 30.4 Å². The number of aliphatic hydroxyl groups excluding tert-OH is 4. The van der Waals surface area contributed by atoms with Crippen molar-refractivity contribution < 1.29 is 39.5 Å². The maximum atomic E-state index is 12.9. The molecule has 0 saturated heterocycles. The zero-order valence-corrected chi connectivity index (χ0v) is 31.1. The summed E-state index contributed by atoms with van der Waals surface area (Å²) >= 11 is 0. The molecule has 0 amide bonds. The van der Waals surface area contributed by atoms with Crippen LogP contribution in [0.5, 0.6) is 0 Å². The molecule has 12 atom stereocenters. The molecule has 5 rings (SSSR count). The first kappa shape index (κ1) is 37.3. The molecule has 3 unspecified atom stereocenters. The molecule has 0 aliphatic heterocycles. The number of allylic oxidation sites excluding steroid dienone is 4. The van der Waals surface area contributed by atoms with E-state index in [-0.39, 0.29) is 47.8 Å². The lowest BCUT2D eigenvalue weighted by Gasteiger charge is -2.72. The number of aliphatic hydroxyl groups is 4. The minimum atomic E-state index is -1.28. The summed E-state index contributed by atoms with van der Waals surface area (Å²) in [5.41, 5.74) is -0.998. The summed E-state index contributed by atoms with van der Waals surface area (Å²) in [6.07, 6.45) is 6.82. The Hall–Kier alpha value is -2.00. The molecule has 5 aliphatic carbocycles. The van der Waals surface area contributed by atoms with Crippen LogP contribution in [0.1, 0.15) is 114 Å². The fourth-order valence-electron chi connectivity index (χ4n) is 11.8. The van der Waals surface area contributed by atoms with Gasteiger partial charge in [0.2, 0.25) is 0 Å². The van der Waals surface area contributed by atoms with Crippen molar-refractivity contribution in [2.45, 2.75) is 139 Å². The van der Waals surface area contributed by atoms with Gasteiger partial charge in [0.25, 0.3) is 0 Å². The van der Waals surface area contributed by atoms with Gasteiger partial charge in [-0.3, -0.25) is 0 Å². The number of fused-ring (bicyclic) bond motifs is 7. The molecule has 0 radical (unpaired) electrons. The first-order chi connectivity index (χ1) is 22.2. The standard InChI is InChI=1S/C40H62O8/c1-11-23(3)33(45)47-21-37(8)27-15-18-38(9)28(36(27,7)17-16-29(37)41)14-13-25-26-19-35(5,6)31(43)32(44)40(26,30(42)20-39(25,38)10)22-48-34(46)24(4)12-2/h11-13,26-32,41-44H,14-22H2,1-10H3/t26?,27?,28?,29-,30+,31-,32-,36-,37+,38+,39+,40-/m0/s1. The van der Waals surface area contributed by atoms with E-state index in [1.54, 1.807) is 32.9 Å². The van der Waals surface area contributed by atoms with Gasteiger partial charge in [0.1, 0.15) is 6.61 Å². The zero-order valence-electron chi connectivity index (χ0n) is 31.1. The van der Waals surface area contributed by atoms with E-state index < -0.39 is 52.0 Å². The van der Waals surface area contributed by atoms with Crippen molar-refractivity contribution in [3.8, 4) is 0 Å². The second-order valence-electron chi connectivity index (χ2n) is 17.9. The molecule has 4 N–H and O–H groups in total. The van der Waals surface area contributed by atoms with Crippen LogP contribution in [-0.4, -0.2) is 70.0 Å². The smallest absolute Gasteiger partial charge is 0.333 e. The first-order valence-corrected chi connectivity index (χ1v) is 18.2. The van der Waals surface area contributed by atoms with Gasteiger partial charge in [-0.25, -0.2) is 9.59 Å². The molecule has 270 valence electrons. The number of ether oxygens (including phenoxy) is 2. The van der Waals surface area contributed by atoms with Crippen molar-refractivity contribution >= 4 is 11.9 Å². The molecular formula is C40H62O8. The average Bonchev–Trinajstić information content (AvgIpc) is 3.03. The van der Waals surface area contributed by atoms with Crippen molar-refractivity contribution in [3.63, 3.8) is 0 Å². The number of carbonyl (C=O) groups is 2. The number of carbonyl (C=O) groups excluding carboxylic acids is 2. The second kappa shape index (κ2) is 12.3. The SMILES string of the molecule is CC=C(C)C(=O)OC[C@@]12C(CC(C)(C)[C@@H](O)[C@@H]1O)C1=CCC3[C@@]4(C)CC[C@H](O)[C@](C)(COC(=O)C(C)=CC)C4CC[C@@]3(C)[C@]1(C)C[C@H]2O. The highest BCUT2D eigenvalue weighted by atomic mass is 16.5. The quantitative estimate of drug-likeness (QED) is 0.152. The highest BCUT2D eigenvalue weighted by Crippen LogP contribution is 2.75. The van der Waals surface area contributed by atoms with Gasteiger partial charge in [0, 0.05) is 16.6 Å². The minimum Gasteiger partial charge on any atom is -0.462 e. The summed E-state index contributed by atoms with van der Waals surface area (Å²) in [5.74, 6) is -0.738. The van der Waals surface area contributed by atoms with Crippen molar-refractivity contribution in [1.29, 1.82) is 0 Å². The molecule has 0 heterocycles. The van der Waals surface area contributed by atoms with E-state index in [9.17, 15) is 30.0 Å². The Bertz CT molecular complexity index is 1390. The third kappa shape index (κ3) is 5.12. The Morgan fingerprint density at radius 1 is 0.792 bits per heavy atom. The van der Waals surface area contributed by atoms with Gasteiger partial charge in [0.05, 0.1) is 36.4 Å². The summed E-state index contributed by atoms with van der Waals surface area (Å²) in [5, 5.41) is 47.2. The van der Waals surface area contributed by atoms with Gasteiger partial charge >= 0.3 is 11.9 Å². The Labute approximate surface area is 288 Å². The van der Waals surface area contributed by atoms with E-state index in [0.717, 1.165) is 25.7 Å². The summed E-state index contributed by atoms with van der Waals surface area (Å²) in [4.78, 5) is 25.6. The van der Waals surface area contributed by atoms with Crippen LogP contribution in [0.3, 0.4) is 0 Å². The van der Waals surface area contributed by atoms with Crippen molar-refractivity contribution in [1.82, 2.24) is 0 Å². The fraction of sp³-hybridized carbons (Fsp3) is 0.800. The fourth-order valence-corrected chi connectivity index (χ4v) is 11.8. The zero-order chi connectivity index (χ0) is 35.8. The Kier molecular flexibility index (Phi) is 9.58. The molecule has 0 bridgehead atoms. The summed E-state index contributed by atoms with van der Waals surface area (Å²) in [6.45, 7) is 20.1. The maximum absolute atomic E-state index is 12.9. The third-order valence-corrected chi connectivity index (χ3v) is 15.4. The second-order valence-corrected chi connectivity index (χ2v) is 17.9. The topological polar surface area (TPSA) is 134 Å². The van der Waals surface area contributed by atoms with Gasteiger partial charge in [0.15, 0.2) is 0 Å². The van der Waals surface area contributed by atoms with Gasteiger partial charge in [-0.05, 0) is 112 Å². The van der Waals surface area contributed by atoms with Crippen molar-refractivity contribution in [2.24, 2.45) is 50.2 Å². The van der Waals surface area contributed by atoms with Crippen LogP contribution in [0.4, 0.5) is 0 Å². The van der Waals surface area contributed by atoms with Crippen LogP contribution in [0.15, 0.2) is 34.9 Å². The van der Waals surface area contributed by atoms with Crippen LogP contribution in [0.25, 0.3) is 0 Å².